The van der Waals surface area contributed by atoms with Crippen molar-refractivity contribution in [2.24, 2.45) is 5.92 Å². The fraction of sp³-hybridized carbons (Fsp3) is 0.400. The number of hydrogen-bond donors (Lipinski definition) is 1. The van der Waals surface area contributed by atoms with Crippen LogP contribution in [0.2, 0.25) is 0 Å². The summed E-state index contributed by atoms with van der Waals surface area (Å²) in [5, 5.41) is 2.91. The lowest BCUT2D eigenvalue weighted by Crippen LogP contribution is -2.36. The minimum atomic E-state index is -0.322. The molecule has 7 heteroatoms. The molecule has 2 aromatic carbocycles. The van der Waals surface area contributed by atoms with E-state index in [1.54, 1.807) is 42.5 Å². The van der Waals surface area contributed by atoms with Gasteiger partial charge in [0.15, 0.2) is 0 Å². The molecule has 0 bridgehead atoms. The molecule has 168 valence electrons. The minimum absolute atomic E-state index is 0.0306. The minimum Gasteiger partial charge on any atom is -0.457 e. The number of carbonyl (C=O) groups excluding carboxylic acids is 3. The van der Waals surface area contributed by atoms with Gasteiger partial charge in [0.1, 0.15) is 11.5 Å². The van der Waals surface area contributed by atoms with Crippen molar-refractivity contribution in [1.29, 1.82) is 0 Å². The highest BCUT2D eigenvalue weighted by molar-refractivity contribution is 6.21. The summed E-state index contributed by atoms with van der Waals surface area (Å²) in [7, 11) is 0. The molecule has 2 aromatic rings. The summed E-state index contributed by atoms with van der Waals surface area (Å²) in [6.07, 6.45) is 3.48. The van der Waals surface area contributed by atoms with Gasteiger partial charge in [-0.25, -0.2) is 0 Å². The first-order chi connectivity index (χ1) is 15.5. The van der Waals surface area contributed by atoms with E-state index in [0.717, 1.165) is 25.7 Å². The first-order valence-electron chi connectivity index (χ1n) is 11.2. The van der Waals surface area contributed by atoms with Crippen molar-refractivity contribution in [1.82, 2.24) is 4.90 Å². The Bertz CT molecular complexity index is 1030. The van der Waals surface area contributed by atoms with Crippen molar-refractivity contribution < 1.29 is 23.9 Å². The molecule has 0 saturated carbocycles. The van der Waals surface area contributed by atoms with E-state index in [1.807, 2.05) is 6.92 Å². The van der Waals surface area contributed by atoms with Gasteiger partial charge in [-0.15, -0.1) is 0 Å². The van der Waals surface area contributed by atoms with Crippen LogP contribution in [0.25, 0.3) is 0 Å². The third kappa shape index (κ3) is 4.67. The number of hydrogen-bond acceptors (Lipinski definition) is 5. The van der Waals surface area contributed by atoms with Gasteiger partial charge in [0.25, 0.3) is 11.8 Å². The number of benzene rings is 2. The largest absolute Gasteiger partial charge is 0.457 e. The lowest BCUT2D eigenvalue weighted by molar-refractivity contribution is -0.119. The maximum Gasteiger partial charge on any atom is 0.261 e. The quantitative estimate of drug-likeness (QED) is 0.610. The van der Waals surface area contributed by atoms with Crippen LogP contribution >= 0.6 is 0 Å². The zero-order valence-corrected chi connectivity index (χ0v) is 18.4. The highest BCUT2D eigenvalue weighted by atomic mass is 16.5. The number of fused-ring (bicyclic) bond motifs is 1. The smallest absolute Gasteiger partial charge is 0.261 e. The van der Waals surface area contributed by atoms with Crippen LogP contribution in [0.3, 0.4) is 0 Å². The van der Waals surface area contributed by atoms with Gasteiger partial charge in [0, 0.05) is 24.3 Å². The third-order valence-corrected chi connectivity index (χ3v) is 5.86. The third-order valence-electron chi connectivity index (χ3n) is 5.86. The number of nitrogens with one attached hydrogen (secondary N) is 1. The van der Waals surface area contributed by atoms with Gasteiger partial charge in [-0.3, -0.25) is 19.3 Å². The van der Waals surface area contributed by atoms with Gasteiger partial charge in [0.2, 0.25) is 5.91 Å². The summed E-state index contributed by atoms with van der Waals surface area (Å²) >= 11 is 0. The molecular formula is C25H28N2O5. The van der Waals surface area contributed by atoms with E-state index in [9.17, 15) is 14.4 Å². The summed E-state index contributed by atoms with van der Waals surface area (Å²) < 4.78 is 11.5. The SMILES string of the molecule is CCCC(C)C(=O)Nc1cccc(Oc2ccc3c(c2)C(=O)N(CC2CCCO2)C3=O)c1. The molecule has 4 rings (SSSR count). The molecule has 2 aliphatic rings. The normalized spacial score (nSPS) is 18.6. The molecule has 2 atom stereocenters. The summed E-state index contributed by atoms with van der Waals surface area (Å²) in [5.41, 5.74) is 1.36. The fourth-order valence-corrected chi connectivity index (χ4v) is 4.09. The van der Waals surface area contributed by atoms with Crippen LogP contribution in [0.5, 0.6) is 11.5 Å². The van der Waals surface area contributed by atoms with Crippen molar-refractivity contribution in [3.8, 4) is 11.5 Å². The van der Waals surface area contributed by atoms with Crippen molar-refractivity contribution in [2.75, 3.05) is 18.5 Å². The zero-order valence-electron chi connectivity index (χ0n) is 18.4. The molecule has 1 saturated heterocycles. The lowest BCUT2D eigenvalue weighted by Gasteiger charge is -2.17. The van der Waals surface area contributed by atoms with Crippen LogP contribution in [0.15, 0.2) is 42.5 Å². The average molecular weight is 437 g/mol. The second-order valence-corrected chi connectivity index (χ2v) is 8.37. The molecule has 1 N–H and O–H groups in total. The van der Waals surface area contributed by atoms with E-state index in [2.05, 4.69) is 12.2 Å². The first kappa shape index (κ1) is 22.0. The lowest BCUT2D eigenvalue weighted by atomic mass is 10.1. The zero-order chi connectivity index (χ0) is 22.7. The van der Waals surface area contributed by atoms with Gasteiger partial charge in [-0.05, 0) is 49.6 Å². The van der Waals surface area contributed by atoms with E-state index < -0.39 is 0 Å². The predicted molar refractivity (Wildman–Crippen MR) is 120 cm³/mol. The van der Waals surface area contributed by atoms with Crippen LogP contribution in [0.4, 0.5) is 5.69 Å². The summed E-state index contributed by atoms with van der Waals surface area (Å²) in [4.78, 5) is 39.1. The number of anilines is 1. The van der Waals surface area contributed by atoms with Gasteiger partial charge >= 0.3 is 0 Å². The van der Waals surface area contributed by atoms with Crippen LogP contribution in [0, 0.1) is 5.92 Å². The van der Waals surface area contributed by atoms with Crippen LogP contribution in [0.1, 0.15) is 60.2 Å². The summed E-state index contributed by atoms with van der Waals surface area (Å²) in [6, 6.07) is 12.0. The Kier molecular flexibility index (Phi) is 6.55. The Morgan fingerprint density at radius 3 is 2.69 bits per heavy atom. The highest BCUT2D eigenvalue weighted by Crippen LogP contribution is 2.31. The highest BCUT2D eigenvalue weighted by Gasteiger charge is 2.37. The molecular weight excluding hydrogens is 408 g/mol. The first-order valence-corrected chi connectivity index (χ1v) is 11.2. The molecule has 2 unspecified atom stereocenters. The standard InChI is InChI=1S/C25H28N2O5/c1-3-6-16(2)23(28)26-17-7-4-8-18(13-17)32-19-10-11-21-22(14-19)25(30)27(24(21)29)15-20-9-5-12-31-20/h4,7-8,10-11,13-14,16,20H,3,5-6,9,12,15H2,1-2H3,(H,26,28). The monoisotopic (exact) mass is 436 g/mol. The Balaban J connectivity index is 1.46. The number of ether oxygens (including phenoxy) is 2. The van der Waals surface area contributed by atoms with E-state index in [1.165, 1.54) is 4.90 Å². The molecule has 0 aromatic heterocycles. The summed E-state index contributed by atoms with van der Waals surface area (Å²) in [6.45, 7) is 4.91. The van der Waals surface area contributed by atoms with E-state index in [0.29, 0.717) is 34.9 Å². The Hall–Kier alpha value is -3.19. The molecule has 0 spiro atoms. The van der Waals surface area contributed by atoms with Gasteiger partial charge in [-0.1, -0.05) is 26.3 Å². The molecule has 7 nitrogen and oxygen atoms in total. The average Bonchev–Trinajstić information content (AvgIpc) is 3.37. The number of imide groups is 1. The van der Waals surface area contributed by atoms with Crippen molar-refractivity contribution in [2.45, 2.75) is 45.6 Å². The number of rotatable bonds is 8. The van der Waals surface area contributed by atoms with Crippen LogP contribution in [-0.2, 0) is 9.53 Å². The Labute approximate surface area is 187 Å². The number of carbonyl (C=O) groups is 3. The van der Waals surface area contributed by atoms with Gasteiger partial charge < -0.3 is 14.8 Å². The molecule has 2 heterocycles. The summed E-state index contributed by atoms with van der Waals surface area (Å²) in [5.74, 6) is 0.264. The van der Waals surface area contributed by atoms with Gasteiger partial charge in [-0.2, -0.15) is 0 Å². The van der Waals surface area contributed by atoms with E-state index in [4.69, 9.17) is 9.47 Å². The van der Waals surface area contributed by atoms with E-state index in [-0.39, 0.29) is 36.3 Å². The van der Waals surface area contributed by atoms with Crippen LogP contribution < -0.4 is 10.1 Å². The van der Waals surface area contributed by atoms with Crippen molar-refractivity contribution in [3.05, 3.63) is 53.6 Å². The van der Waals surface area contributed by atoms with Gasteiger partial charge in [0.05, 0.1) is 23.8 Å². The maximum atomic E-state index is 12.8. The second-order valence-electron chi connectivity index (χ2n) is 8.37. The van der Waals surface area contributed by atoms with Crippen LogP contribution in [-0.4, -0.2) is 41.9 Å². The molecule has 32 heavy (non-hydrogen) atoms. The number of amides is 3. The number of nitrogens with zero attached hydrogens (tertiary/aromatic N) is 1. The molecule has 0 radical (unpaired) electrons. The van der Waals surface area contributed by atoms with E-state index >= 15 is 0 Å². The molecule has 3 amide bonds. The molecule has 0 aliphatic carbocycles. The topological polar surface area (TPSA) is 84.9 Å². The molecule has 1 fully saturated rings. The Morgan fingerprint density at radius 2 is 1.94 bits per heavy atom. The Morgan fingerprint density at radius 1 is 1.16 bits per heavy atom. The second kappa shape index (κ2) is 9.53. The predicted octanol–water partition coefficient (Wildman–Crippen LogP) is 4.63. The van der Waals surface area contributed by atoms with Crippen molar-refractivity contribution >= 4 is 23.4 Å². The molecule has 2 aliphatic heterocycles. The maximum absolute atomic E-state index is 12.8. The van der Waals surface area contributed by atoms with Crippen molar-refractivity contribution in [3.63, 3.8) is 0 Å². The fourth-order valence-electron chi connectivity index (χ4n) is 4.09.